The van der Waals surface area contributed by atoms with E-state index >= 15 is 0 Å². The molecule has 0 bridgehead atoms. The van der Waals surface area contributed by atoms with Gasteiger partial charge in [0.05, 0.1) is 12.8 Å². The molecule has 1 aliphatic heterocycles. The van der Waals surface area contributed by atoms with Gasteiger partial charge in [0.2, 0.25) is 5.91 Å². The topological polar surface area (TPSA) is 91.6 Å². The third-order valence-electron chi connectivity index (χ3n) is 2.79. The van der Waals surface area contributed by atoms with Crippen molar-refractivity contribution in [3.05, 3.63) is 23.7 Å². The van der Waals surface area contributed by atoms with Crippen molar-refractivity contribution in [1.82, 2.24) is 10.6 Å². The number of piperidine rings is 1. The van der Waals surface area contributed by atoms with Crippen LogP contribution in [0, 0.1) is 0 Å². The number of nitrogens with one attached hydrogen (secondary N) is 2. The van der Waals surface area contributed by atoms with E-state index in [1.165, 1.54) is 12.3 Å². The molecule has 92 valence electrons. The summed E-state index contributed by atoms with van der Waals surface area (Å²) in [5, 5.41) is 14.8. The highest BCUT2D eigenvalue weighted by molar-refractivity contribution is 5.88. The molecule has 1 atom stereocenters. The van der Waals surface area contributed by atoms with Gasteiger partial charge in [-0.3, -0.25) is 4.79 Å². The van der Waals surface area contributed by atoms with Gasteiger partial charge in [-0.15, -0.1) is 0 Å². The van der Waals surface area contributed by atoms with E-state index in [-0.39, 0.29) is 17.5 Å². The van der Waals surface area contributed by atoms with Gasteiger partial charge >= 0.3 is 5.97 Å². The molecule has 0 aromatic carbocycles. The minimum Gasteiger partial charge on any atom is -0.478 e. The lowest BCUT2D eigenvalue weighted by Gasteiger charge is -2.23. The first-order valence-electron chi connectivity index (χ1n) is 5.46. The molecule has 1 fully saturated rings. The Labute approximate surface area is 98.0 Å². The summed E-state index contributed by atoms with van der Waals surface area (Å²) in [4.78, 5) is 21.8. The van der Waals surface area contributed by atoms with Crippen LogP contribution in [0.4, 0.5) is 0 Å². The Morgan fingerprint density at radius 1 is 1.65 bits per heavy atom. The van der Waals surface area contributed by atoms with Crippen molar-refractivity contribution < 1.29 is 19.1 Å². The fraction of sp³-hybridized carbons (Fsp3) is 0.455. The first-order chi connectivity index (χ1) is 8.16. The molecule has 0 spiro atoms. The average molecular weight is 238 g/mol. The minimum atomic E-state index is -0.993. The van der Waals surface area contributed by atoms with Crippen LogP contribution >= 0.6 is 0 Å². The molecule has 6 heteroatoms. The first-order valence-corrected chi connectivity index (χ1v) is 5.46. The van der Waals surface area contributed by atoms with Crippen LogP contribution in [-0.2, 0) is 11.3 Å². The molecule has 1 saturated heterocycles. The zero-order valence-corrected chi connectivity index (χ0v) is 9.23. The highest BCUT2D eigenvalue weighted by atomic mass is 16.4. The van der Waals surface area contributed by atoms with Crippen molar-refractivity contribution in [3.8, 4) is 0 Å². The van der Waals surface area contributed by atoms with Gasteiger partial charge in [-0.2, -0.15) is 0 Å². The predicted octanol–water partition coefficient (Wildman–Crippen LogP) is 0.346. The minimum absolute atomic E-state index is 0.0623. The van der Waals surface area contributed by atoms with Crippen LogP contribution in [0.25, 0.3) is 0 Å². The Balaban J connectivity index is 1.87. The smallest absolute Gasteiger partial charge is 0.339 e. The summed E-state index contributed by atoms with van der Waals surface area (Å²) in [5.41, 5.74) is 0.178. The van der Waals surface area contributed by atoms with Crippen LogP contribution in [-0.4, -0.2) is 29.6 Å². The quantitative estimate of drug-likeness (QED) is 0.703. The van der Waals surface area contributed by atoms with Gasteiger partial charge in [0.1, 0.15) is 11.3 Å². The number of rotatable bonds is 4. The van der Waals surface area contributed by atoms with Crippen LogP contribution in [0.1, 0.15) is 29.0 Å². The lowest BCUT2D eigenvalue weighted by Crippen LogP contribution is -2.45. The number of amides is 1. The largest absolute Gasteiger partial charge is 0.478 e. The maximum absolute atomic E-state index is 10.9. The third kappa shape index (κ3) is 2.85. The van der Waals surface area contributed by atoms with E-state index in [9.17, 15) is 9.59 Å². The van der Waals surface area contributed by atoms with Crippen LogP contribution in [0.15, 0.2) is 16.7 Å². The van der Waals surface area contributed by atoms with Gasteiger partial charge in [-0.1, -0.05) is 0 Å². The Hall–Kier alpha value is -1.82. The Morgan fingerprint density at radius 3 is 3.12 bits per heavy atom. The van der Waals surface area contributed by atoms with E-state index in [0.717, 1.165) is 6.42 Å². The number of aromatic carboxylic acids is 1. The summed E-state index contributed by atoms with van der Waals surface area (Å²) >= 11 is 0. The molecule has 6 nitrogen and oxygen atoms in total. The van der Waals surface area contributed by atoms with E-state index in [2.05, 4.69) is 10.6 Å². The van der Waals surface area contributed by atoms with E-state index in [1.54, 1.807) is 0 Å². The van der Waals surface area contributed by atoms with E-state index in [4.69, 9.17) is 9.52 Å². The summed E-state index contributed by atoms with van der Waals surface area (Å²) in [6.07, 6.45) is 2.62. The molecular formula is C11H14N2O4. The second-order valence-electron chi connectivity index (χ2n) is 3.98. The maximum Gasteiger partial charge on any atom is 0.339 e. The van der Waals surface area contributed by atoms with Crippen molar-refractivity contribution in [2.75, 3.05) is 6.54 Å². The third-order valence-corrected chi connectivity index (χ3v) is 2.79. The molecule has 2 heterocycles. The number of carbonyl (C=O) groups excluding carboxylic acids is 1. The highest BCUT2D eigenvalue weighted by Gasteiger charge is 2.19. The van der Waals surface area contributed by atoms with Gasteiger partial charge < -0.3 is 20.2 Å². The molecule has 1 aliphatic rings. The lowest BCUT2D eigenvalue weighted by molar-refractivity contribution is -0.122. The summed E-state index contributed by atoms with van der Waals surface area (Å²) < 4.78 is 5.11. The van der Waals surface area contributed by atoms with Gasteiger partial charge in [0.15, 0.2) is 0 Å². The molecule has 1 aromatic rings. The number of hydrogen-bond donors (Lipinski definition) is 3. The Bertz CT molecular complexity index is 417. The molecule has 0 saturated carbocycles. The second kappa shape index (κ2) is 5.01. The average Bonchev–Trinajstić information content (AvgIpc) is 2.76. The summed E-state index contributed by atoms with van der Waals surface area (Å²) in [7, 11) is 0. The van der Waals surface area contributed by atoms with Gasteiger partial charge in [-0.25, -0.2) is 4.79 Å². The van der Waals surface area contributed by atoms with Gasteiger partial charge in [-0.05, 0) is 12.5 Å². The monoisotopic (exact) mass is 238 g/mol. The maximum atomic E-state index is 10.9. The van der Waals surface area contributed by atoms with Crippen molar-refractivity contribution in [2.45, 2.75) is 25.4 Å². The Kier molecular flexibility index (Phi) is 3.43. The zero-order chi connectivity index (χ0) is 12.3. The first kappa shape index (κ1) is 11.7. The Morgan fingerprint density at radius 2 is 2.47 bits per heavy atom. The van der Waals surface area contributed by atoms with E-state index in [1.807, 2.05) is 0 Å². The van der Waals surface area contributed by atoms with Crippen molar-refractivity contribution in [3.63, 3.8) is 0 Å². The van der Waals surface area contributed by atoms with Crippen LogP contribution in [0.2, 0.25) is 0 Å². The number of carboxylic acid groups (broad SMARTS) is 1. The zero-order valence-electron chi connectivity index (χ0n) is 9.23. The predicted molar refractivity (Wildman–Crippen MR) is 58.5 cm³/mol. The van der Waals surface area contributed by atoms with Crippen molar-refractivity contribution in [1.29, 1.82) is 0 Å². The SMILES string of the molecule is O=C1CCC(NCc2occc2C(=O)O)CN1. The summed E-state index contributed by atoms with van der Waals surface area (Å²) in [6.45, 7) is 0.928. The molecule has 1 unspecified atom stereocenters. The van der Waals surface area contributed by atoms with E-state index < -0.39 is 5.97 Å². The molecule has 2 rings (SSSR count). The van der Waals surface area contributed by atoms with E-state index in [0.29, 0.717) is 25.3 Å². The lowest BCUT2D eigenvalue weighted by atomic mass is 10.1. The van der Waals surface area contributed by atoms with Gasteiger partial charge in [0, 0.05) is 19.0 Å². The summed E-state index contributed by atoms with van der Waals surface area (Å²) in [6, 6.07) is 1.60. The number of carboxylic acids is 1. The normalized spacial score (nSPS) is 20.0. The molecule has 1 amide bonds. The molecule has 0 radical (unpaired) electrons. The van der Waals surface area contributed by atoms with Crippen molar-refractivity contribution in [2.24, 2.45) is 0 Å². The van der Waals surface area contributed by atoms with Gasteiger partial charge in [0.25, 0.3) is 0 Å². The fourth-order valence-corrected chi connectivity index (χ4v) is 1.81. The molecule has 0 aliphatic carbocycles. The van der Waals surface area contributed by atoms with Crippen LogP contribution in [0.3, 0.4) is 0 Å². The standard InChI is InChI=1S/C11H14N2O4/c14-10-2-1-7(5-13-10)12-6-9-8(11(15)16)3-4-17-9/h3-4,7,12H,1-2,5-6H2,(H,13,14)(H,15,16). The van der Waals surface area contributed by atoms with Crippen LogP contribution in [0.5, 0.6) is 0 Å². The molecule has 1 aromatic heterocycles. The summed E-state index contributed by atoms with van der Waals surface area (Å²) in [5.74, 6) is -0.519. The molecule has 17 heavy (non-hydrogen) atoms. The van der Waals surface area contributed by atoms with Crippen molar-refractivity contribution >= 4 is 11.9 Å². The second-order valence-corrected chi connectivity index (χ2v) is 3.98. The highest BCUT2D eigenvalue weighted by Crippen LogP contribution is 2.11. The van der Waals surface area contributed by atoms with Crippen LogP contribution < -0.4 is 10.6 Å². The number of furan rings is 1. The molecular weight excluding hydrogens is 224 g/mol. The fourth-order valence-electron chi connectivity index (χ4n) is 1.81. The number of hydrogen-bond acceptors (Lipinski definition) is 4. The molecule has 3 N–H and O–H groups in total. The number of carbonyl (C=O) groups is 2.